The number of aliphatic hydroxyl groups excluding tert-OH is 1. The van der Waals surface area contributed by atoms with Crippen molar-refractivity contribution in [1.82, 2.24) is 0 Å². The maximum atomic E-state index is 9.53. The van der Waals surface area contributed by atoms with Crippen molar-refractivity contribution < 1.29 is 5.11 Å². The first-order chi connectivity index (χ1) is 7.66. The molecular formula is C13H17ClNO. The predicted octanol–water partition coefficient (Wildman–Crippen LogP) is 2.74. The van der Waals surface area contributed by atoms with E-state index in [1.165, 1.54) is 0 Å². The van der Waals surface area contributed by atoms with Crippen LogP contribution in [0.2, 0.25) is 5.02 Å². The molecule has 1 aliphatic heterocycles. The Morgan fingerprint density at radius 1 is 1.44 bits per heavy atom. The smallest absolute Gasteiger partial charge is 0.0541 e. The highest BCUT2D eigenvalue weighted by molar-refractivity contribution is 6.30. The Hall–Kier alpha value is -0.730. The van der Waals surface area contributed by atoms with Crippen LogP contribution in [0, 0.1) is 12.0 Å². The summed E-state index contributed by atoms with van der Waals surface area (Å²) >= 11 is 5.83. The monoisotopic (exact) mass is 238 g/mol. The minimum Gasteiger partial charge on any atom is -0.393 e. The van der Waals surface area contributed by atoms with Crippen molar-refractivity contribution in [1.29, 1.82) is 0 Å². The first-order valence-corrected chi connectivity index (χ1v) is 6.15. The topological polar surface area (TPSA) is 23.5 Å². The molecule has 1 N–H and O–H groups in total. The van der Waals surface area contributed by atoms with Crippen LogP contribution < -0.4 is 4.90 Å². The molecule has 1 fully saturated rings. The fourth-order valence-electron chi connectivity index (χ4n) is 2.22. The van der Waals surface area contributed by atoms with Crippen LogP contribution in [0.3, 0.4) is 0 Å². The van der Waals surface area contributed by atoms with E-state index in [1.54, 1.807) is 6.07 Å². The average molecular weight is 239 g/mol. The van der Waals surface area contributed by atoms with Crippen LogP contribution in [-0.2, 0) is 0 Å². The molecule has 1 radical (unpaired) electrons. The van der Waals surface area contributed by atoms with Gasteiger partial charge in [-0.3, -0.25) is 0 Å². The number of aliphatic hydroxyl groups is 1. The van der Waals surface area contributed by atoms with E-state index in [4.69, 9.17) is 11.6 Å². The molecule has 1 saturated heterocycles. The van der Waals surface area contributed by atoms with E-state index in [2.05, 4.69) is 11.0 Å². The van der Waals surface area contributed by atoms with Gasteiger partial charge in [0, 0.05) is 29.9 Å². The summed E-state index contributed by atoms with van der Waals surface area (Å²) in [7, 11) is 0. The third kappa shape index (κ3) is 2.69. The maximum Gasteiger partial charge on any atom is 0.0541 e. The number of anilines is 1. The van der Waals surface area contributed by atoms with Crippen molar-refractivity contribution in [3.05, 3.63) is 29.3 Å². The van der Waals surface area contributed by atoms with Crippen LogP contribution >= 0.6 is 11.6 Å². The fourth-order valence-corrected chi connectivity index (χ4v) is 2.33. The summed E-state index contributed by atoms with van der Waals surface area (Å²) in [6.45, 7) is 3.87. The Kier molecular flexibility index (Phi) is 3.72. The normalized spacial score (nSPS) is 19.8. The molecule has 87 valence electrons. The fraction of sp³-hybridized carbons (Fsp3) is 0.538. The summed E-state index contributed by atoms with van der Waals surface area (Å²) in [5.41, 5.74) is 1.11. The molecule has 1 unspecified atom stereocenters. The van der Waals surface area contributed by atoms with Crippen molar-refractivity contribution in [3.8, 4) is 0 Å². The Morgan fingerprint density at radius 3 is 2.62 bits per heavy atom. The lowest BCUT2D eigenvalue weighted by Crippen LogP contribution is -2.37. The number of nitrogens with zero attached hydrogens (tertiary/aromatic N) is 1. The summed E-state index contributed by atoms with van der Waals surface area (Å²) in [6, 6.07) is 8.89. The lowest BCUT2D eigenvalue weighted by Gasteiger charge is -2.34. The van der Waals surface area contributed by atoms with Gasteiger partial charge in [0.2, 0.25) is 0 Å². The van der Waals surface area contributed by atoms with Crippen molar-refractivity contribution >= 4 is 17.3 Å². The van der Waals surface area contributed by atoms with Crippen molar-refractivity contribution in [2.45, 2.75) is 25.9 Å². The number of rotatable bonds is 2. The van der Waals surface area contributed by atoms with Gasteiger partial charge < -0.3 is 10.0 Å². The predicted molar refractivity (Wildman–Crippen MR) is 66.9 cm³/mol. The van der Waals surface area contributed by atoms with Crippen LogP contribution in [0.1, 0.15) is 19.8 Å². The first-order valence-electron chi connectivity index (χ1n) is 5.77. The lowest BCUT2D eigenvalue weighted by molar-refractivity contribution is 0.110. The van der Waals surface area contributed by atoms with E-state index in [0.717, 1.165) is 36.6 Å². The largest absolute Gasteiger partial charge is 0.393 e. The number of benzene rings is 1. The molecule has 0 aliphatic carbocycles. The zero-order chi connectivity index (χ0) is 11.5. The number of hydrogen-bond acceptors (Lipinski definition) is 2. The molecule has 2 rings (SSSR count). The van der Waals surface area contributed by atoms with Crippen LogP contribution in [0.4, 0.5) is 5.69 Å². The molecule has 0 spiro atoms. The van der Waals surface area contributed by atoms with Gasteiger partial charge in [0.1, 0.15) is 0 Å². The van der Waals surface area contributed by atoms with E-state index in [9.17, 15) is 5.11 Å². The highest BCUT2D eigenvalue weighted by Gasteiger charge is 2.22. The third-order valence-electron chi connectivity index (χ3n) is 3.32. The highest BCUT2D eigenvalue weighted by atomic mass is 35.5. The van der Waals surface area contributed by atoms with Gasteiger partial charge >= 0.3 is 0 Å². The molecule has 1 heterocycles. The number of hydrogen-bond donors (Lipinski definition) is 1. The Balaban J connectivity index is 1.96. The summed E-state index contributed by atoms with van der Waals surface area (Å²) in [5, 5.41) is 10.3. The number of piperidine rings is 1. The highest BCUT2D eigenvalue weighted by Crippen LogP contribution is 2.25. The Labute approximate surface area is 102 Å². The second-order valence-electron chi connectivity index (χ2n) is 4.46. The van der Waals surface area contributed by atoms with Crippen LogP contribution in [0.25, 0.3) is 0 Å². The average Bonchev–Trinajstić information content (AvgIpc) is 2.30. The van der Waals surface area contributed by atoms with Gasteiger partial charge in [0.15, 0.2) is 0 Å². The third-order valence-corrected chi connectivity index (χ3v) is 3.56. The number of halogens is 1. The molecule has 1 aromatic rings. The van der Waals surface area contributed by atoms with E-state index >= 15 is 0 Å². The van der Waals surface area contributed by atoms with Gasteiger partial charge in [0.25, 0.3) is 0 Å². The molecule has 16 heavy (non-hydrogen) atoms. The van der Waals surface area contributed by atoms with Gasteiger partial charge in [-0.2, -0.15) is 0 Å². The molecule has 3 heteroatoms. The van der Waals surface area contributed by atoms with Crippen LogP contribution in [0.5, 0.6) is 0 Å². The Morgan fingerprint density at radius 2 is 2.12 bits per heavy atom. The molecule has 2 nitrogen and oxygen atoms in total. The van der Waals surface area contributed by atoms with Crippen LogP contribution in [-0.4, -0.2) is 24.3 Å². The van der Waals surface area contributed by atoms with E-state index in [0.29, 0.717) is 5.92 Å². The molecule has 1 aromatic carbocycles. The summed E-state index contributed by atoms with van der Waals surface area (Å²) < 4.78 is 0. The van der Waals surface area contributed by atoms with E-state index < -0.39 is 0 Å². The van der Waals surface area contributed by atoms with E-state index in [-0.39, 0.29) is 6.10 Å². The summed E-state index contributed by atoms with van der Waals surface area (Å²) in [6.07, 6.45) is 1.92. The first kappa shape index (κ1) is 11.7. The van der Waals surface area contributed by atoms with Gasteiger partial charge in [0.05, 0.1) is 6.10 Å². The SMILES string of the molecule is CC(O)C1CCN(c2[c]cc(Cl)cc2)CC1. The van der Waals surface area contributed by atoms with Gasteiger partial charge in [-0.15, -0.1) is 0 Å². The van der Waals surface area contributed by atoms with Gasteiger partial charge in [-0.1, -0.05) is 11.6 Å². The second kappa shape index (κ2) is 5.07. The van der Waals surface area contributed by atoms with Gasteiger partial charge in [-0.05, 0) is 43.9 Å². The van der Waals surface area contributed by atoms with Crippen molar-refractivity contribution in [3.63, 3.8) is 0 Å². The molecule has 0 aromatic heterocycles. The lowest BCUT2D eigenvalue weighted by atomic mass is 9.92. The minimum absolute atomic E-state index is 0.184. The van der Waals surface area contributed by atoms with Crippen molar-refractivity contribution in [2.75, 3.05) is 18.0 Å². The van der Waals surface area contributed by atoms with Crippen LogP contribution in [0.15, 0.2) is 18.2 Å². The maximum absolute atomic E-state index is 9.53. The standard InChI is InChI=1S/C13H17ClNO/c1-10(16)11-6-8-15(9-7-11)13-4-2-12(14)3-5-13/h2-4,10-11,16H,6-9H2,1H3. The molecule has 1 atom stereocenters. The molecule has 1 aliphatic rings. The molecule has 0 saturated carbocycles. The van der Waals surface area contributed by atoms with E-state index in [1.807, 2.05) is 19.1 Å². The summed E-state index contributed by atoms with van der Waals surface area (Å²) in [4.78, 5) is 2.30. The quantitative estimate of drug-likeness (QED) is 0.857. The second-order valence-corrected chi connectivity index (χ2v) is 4.89. The minimum atomic E-state index is -0.184. The summed E-state index contributed by atoms with van der Waals surface area (Å²) in [5.74, 6) is 0.448. The molecular weight excluding hydrogens is 222 g/mol. The van der Waals surface area contributed by atoms with Gasteiger partial charge in [-0.25, -0.2) is 0 Å². The zero-order valence-corrected chi connectivity index (χ0v) is 10.2. The Bertz CT molecular complexity index is 328. The zero-order valence-electron chi connectivity index (χ0n) is 9.49. The molecule has 0 amide bonds. The van der Waals surface area contributed by atoms with Crippen molar-refractivity contribution in [2.24, 2.45) is 5.92 Å². The molecule has 0 bridgehead atoms.